The fourth-order valence-electron chi connectivity index (χ4n) is 1.37. The quantitative estimate of drug-likeness (QED) is 0.733. The molecule has 104 valence electrons. The van der Waals surface area contributed by atoms with Crippen LogP contribution in [0.3, 0.4) is 0 Å². The van der Waals surface area contributed by atoms with Crippen LogP contribution in [0.2, 0.25) is 0 Å². The summed E-state index contributed by atoms with van der Waals surface area (Å²) in [5.41, 5.74) is 1.44. The SMILES string of the molecule is CCNCC(=O)Nc1ccc(NC(=O)C(C)C)cc1. The van der Waals surface area contributed by atoms with E-state index < -0.39 is 0 Å². The summed E-state index contributed by atoms with van der Waals surface area (Å²) in [7, 11) is 0. The molecule has 0 aliphatic rings. The molecule has 19 heavy (non-hydrogen) atoms. The molecule has 1 aromatic carbocycles. The van der Waals surface area contributed by atoms with Gasteiger partial charge >= 0.3 is 0 Å². The van der Waals surface area contributed by atoms with Gasteiger partial charge in [0.05, 0.1) is 6.54 Å². The Morgan fingerprint density at radius 2 is 1.58 bits per heavy atom. The van der Waals surface area contributed by atoms with Crippen LogP contribution in [0.15, 0.2) is 24.3 Å². The van der Waals surface area contributed by atoms with E-state index in [0.29, 0.717) is 12.2 Å². The van der Waals surface area contributed by atoms with E-state index in [9.17, 15) is 9.59 Å². The van der Waals surface area contributed by atoms with Crippen molar-refractivity contribution in [3.05, 3.63) is 24.3 Å². The number of carbonyl (C=O) groups excluding carboxylic acids is 2. The summed E-state index contributed by atoms with van der Waals surface area (Å²) >= 11 is 0. The largest absolute Gasteiger partial charge is 0.326 e. The maximum absolute atomic E-state index is 11.5. The predicted octanol–water partition coefficient (Wildman–Crippen LogP) is 1.83. The van der Waals surface area contributed by atoms with Crippen LogP contribution in [0.1, 0.15) is 20.8 Å². The molecule has 0 aliphatic carbocycles. The summed E-state index contributed by atoms with van der Waals surface area (Å²) in [5, 5.41) is 8.51. The Balaban J connectivity index is 2.52. The average Bonchev–Trinajstić information content (AvgIpc) is 2.38. The Bertz CT molecular complexity index is 427. The summed E-state index contributed by atoms with van der Waals surface area (Å²) in [5.74, 6) is -0.163. The summed E-state index contributed by atoms with van der Waals surface area (Å²) < 4.78 is 0. The molecule has 0 saturated carbocycles. The summed E-state index contributed by atoms with van der Waals surface area (Å²) in [4.78, 5) is 23.0. The number of carbonyl (C=O) groups is 2. The maximum Gasteiger partial charge on any atom is 0.238 e. The van der Waals surface area contributed by atoms with Crippen molar-refractivity contribution >= 4 is 23.2 Å². The van der Waals surface area contributed by atoms with Crippen LogP contribution in [0.25, 0.3) is 0 Å². The first kappa shape index (κ1) is 15.2. The predicted molar refractivity (Wildman–Crippen MR) is 77.1 cm³/mol. The normalized spacial score (nSPS) is 10.3. The zero-order valence-electron chi connectivity index (χ0n) is 11.6. The molecule has 2 amide bonds. The number of hydrogen-bond acceptors (Lipinski definition) is 3. The molecule has 5 nitrogen and oxygen atoms in total. The fourth-order valence-corrected chi connectivity index (χ4v) is 1.37. The molecule has 1 aromatic rings. The minimum Gasteiger partial charge on any atom is -0.326 e. The minimum absolute atomic E-state index is 0.0241. The molecular formula is C14H21N3O2. The summed E-state index contributed by atoms with van der Waals surface area (Å²) in [6, 6.07) is 7.06. The van der Waals surface area contributed by atoms with Gasteiger partial charge in [-0.2, -0.15) is 0 Å². The van der Waals surface area contributed by atoms with E-state index in [4.69, 9.17) is 0 Å². The second-order valence-electron chi connectivity index (χ2n) is 4.55. The van der Waals surface area contributed by atoms with Crippen molar-refractivity contribution in [1.29, 1.82) is 0 Å². The van der Waals surface area contributed by atoms with Crippen molar-refractivity contribution in [3.63, 3.8) is 0 Å². The Morgan fingerprint density at radius 3 is 2.05 bits per heavy atom. The lowest BCUT2D eigenvalue weighted by molar-refractivity contribution is -0.119. The molecule has 0 aromatic heterocycles. The third kappa shape index (κ3) is 5.52. The molecule has 3 N–H and O–H groups in total. The molecule has 0 aliphatic heterocycles. The van der Waals surface area contributed by atoms with Gasteiger partial charge in [0.1, 0.15) is 0 Å². The number of rotatable bonds is 6. The number of amides is 2. The maximum atomic E-state index is 11.5. The molecule has 0 saturated heterocycles. The zero-order valence-corrected chi connectivity index (χ0v) is 11.6. The van der Waals surface area contributed by atoms with Crippen LogP contribution in [0, 0.1) is 5.92 Å². The number of likely N-dealkylation sites (N-methyl/N-ethyl adjacent to an activating group) is 1. The Morgan fingerprint density at radius 1 is 1.05 bits per heavy atom. The van der Waals surface area contributed by atoms with E-state index in [-0.39, 0.29) is 17.7 Å². The van der Waals surface area contributed by atoms with Gasteiger partial charge in [-0.25, -0.2) is 0 Å². The lowest BCUT2D eigenvalue weighted by Crippen LogP contribution is -2.27. The first-order valence-corrected chi connectivity index (χ1v) is 6.44. The first-order chi connectivity index (χ1) is 9.02. The van der Waals surface area contributed by atoms with Crippen LogP contribution < -0.4 is 16.0 Å². The number of nitrogens with one attached hydrogen (secondary N) is 3. The molecule has 0 heterocycles. The number of anilines is 2. The molecule has 0 unspecified atom stereocenters. The topological polar surface area (TPSA) is 70.2 Å². The van der Waals surface area contributed by atoms with Crippen LogP contribution in [0.5, 0.6) is 0 Å². The molecular weight excluding hydrogens is 242 g/mol. The highest BCUT2D eigenvalue weighted by Crippen LogP contribution is 2.14. The van der Waals surface area contributed by atoms with E-state index in [1.54, 1.807) is 24.3 Å². The summed E-state index contributed by atoms with van der Waals surface area (Å²) in [6.07, 6.45) is 0. The highest BCUT2D eigenvalue weighted by Gasteiger charge is 2.07. The van der Waals surface area contributed by atoms with E-state index >= 15 is 0 Å². The van der Waals surface area contributed by atoms with Gasteiger partial charge in [-0.15, -0.1) is 0 Å². The van der Waals surface area contributed by atoms with Crippen LogP contribution in [-0.4, -0.2) is 24.9 Å². The Labute approximate surface area is 113 Å². The highest BCUT2D eigenvalue weighted by molar-refractivity contribution is 5.94. The van der Waals surface area contributed by atoms with Crippen molar-refractivity contribution < 1.29 is 9.59 Å². The molecule has 0 fully saturated rings. The van der Waals surface area contributed by atoms with E-state index in [1.807, 2.05) is 20.8 Å². The smallest absolute Gasteiger partial charge is 0.238 e. The van der Waals surface area contributed by atoms with Gasteiger partial charge in [0.2, 0.25) is 11.8 Å². The van der Waals surface area contributed by atoms with Crippen molar-refractivity contribution in [3.8, 4) is 0 Å². The summed E-state index contributed by atoms with van der Waals surface area (Å²) in [6.45, 7) is 6.67. The van der Waals surface area contributed by atoms with Crippen molar-refractivity contribution in [2.75, 3.05) is 23.7 Å². The standard InChI is InChI=1S/C14H21N3O2/c1-4-15-9-13(18)16-11-5-7-12(8-6-11)17-14(19)10(2)3/h5-8,10,15H,4,9H2,1-3H3,(H,16,18)(H,17,19). The van der Waals surface area contributed by atoms with E-state index in [0.717, 1.165) is 12.2 Å². The van der Waals surface area contributed by atoms with Gasteiger partial charge in [0.15, 0.2) is 0 Å². The third-order valence-electron chi connectivity index (χ3n) is 2.50. The van der Waals surface area contributed by atoms with Gasteiger partial charge in [0.25, 0.3) is 0 Å². The second kappa shape index (κ2) is 7.53. The van der Waals surface area contributed by atoms with Crippen LogP contribution in [-0.2, 0) is 9.59 Å². The monoisotopic (exact) mass is 263 g/mol. The van der Waals surface area contributed by atoms with Crippen molar-refractivity contribution in [1.82, 2.24) is 5.32 Å². The lowest BCUT2D eigenvalue weighted by Gasteiger charge is -2.09. The van der Waals surface area contributed by atoms with Crippen molar-refractivity contribution in [2.45, 2.75) is 20.8 Å². The number of benzene rings is 1. The average molecular weight is 263 g/mol. The molecule has 1 rings (SSSR count). The van der Waals surface area contributed by atoms with Gasteiger partial charge in [-0.1, -0.05) is 20.8 Å². The fraction of sp³-hybridized carbons (Fsp3) is 0.429. The van der Waals surface area contributed by atoms with Crippen LogP contribution >= 0.6 is 0 Å². The van der Waals surface area contributed by atoms with Gasteiger partial charge in [0, 0.05) is 17.3 Å². The third-order valence-corrected chi connectivity index (χ3v) is 2.50. The van der Waals surface area contributed by atoms with Crippen molar-refractivity contribution in [2.24, 2.45) is 5.92 Å². The molecule has 5 heteroatoms. The first-order valence-electron chi connectivity index (χ1n) is 6.44. The molecule has 0 bridgehead atoms. The van der Waals surface area contributed by atoms with Gasteiger partial charge in [-0.05, 0) is 30.8 Å². The lowest BCUT2D eigenvalue weighted by atomic mass is 10.2. The molecule has 0 spiro atoms. The highest BCUT2D eigenvalue weighted by atomic mass is 16.2. The van der Waals surface area contributed by atoms with Gasteiger partial charge < -0.3 is 16.0 Å². The Hall–Kier alpha value is -1.88. The van der Waals surface area contributed by atoms with Gasteiger partial charge in [-0.3, -0.25) is 9.59 Å². The van der Waals surface area contributed by atoms with E-state index in [2.05, 4.69) is 16.0 Å². The van der Waals surface area contributed by atoms with E-state index in [1.165, 1.54) is 0 Å². The van der Waals surface area contributed by atoms with Crippen LogP contribution in [0.4, 0.5) is 11.4 Å². The molecule has 0 radical (unpaired) electrons. The minimum atomic E-state index is -0.0826. The zero-order chi connectivity index (χ0) is 14.3. The number of hydrogen-bond donors (Lipinski definition) is 3. The molecule has 0 atom stereocenters. The second-order valence-corrected chi connectivity index (χ2v) is 4.55. The Kier molecular flexibility index (Phi) is 6.02.